The van der Waals surface area contributed by atoms with Gasteiger partial charge in [-0.2, -0.15) is 15.1 Å². The van der Waals surface area contributed by atoms with Crippen LogP contribution in [0.15, 0.2) is 11.1 Å². The predicted molar refractivity (Wildman–Crippen MR) is 90.9 cm³/mol. The van der Waals surface area contributed by atoms with E-state index < -0.39 is 42.7 Å². The van der Waals surface area contributed by atoms with Crippen LogP contribution in [0.3, 0.4) is 0 Å². The number of rotatable bonds is 5. The van der Waals surface area contributed by atoms with Gasteiger partial charge in [-0.3, -0.25) is 14.8 Å². The van der Waals surface area contributed by atoms with E-state index in [1.807, 2.05) is 5.32 Å². The Labute approximate surface area is 158 Å². The lowest BCUT2D eigenvalue weighted by molar-refractivity contribution is 0.0596. The van der Waals surface area contributed by atoms with E-state index in [1.54, 1.807) is 0 Å². The van der Waals surface area contributed by atoms with Gasteiger partial charge >= 0.3 is 11.2 Å². The lowest BCUT2D eigenvalue weighted by Gasteiger charge is -2.09. The minimum atomic E-state index is -4.77. The molecule has 0 saturated carbocycles. The largest absolute Gasteiger partial charge is 0.481 e. The predicted octanol–water partition coefficient (Wildman–Crippen LogP) is 0.673. The molecule has 0 saturated heterocycles. The monoisotopic (exact) mass is 419 g/mol. The summed E-state index contributed by atoms with van der Waals surface area (Å²) in [6.07, 6.45) is 0. The number of hydrogen-bond donors (Lipinski definition) is 1. The molecule has 12 nitrogen and oxygen atoms in total. The van der Waals surface area contributed by atoms with Gasteiger partial charge in [-0.05, 0) is 0 Å². The molecule has 27 heavy (non-hydrogen) atoms. The minimum absolute atomic E-state index is 0.0216. The van der Waals surface area contributed by atoms with Crippen LogP contribution in [-0.2, 0) is 21.6 Å². The van der Waals surface area contributed by atoms with Crippen molar-refractivity contribution in [3.63, 3.8) is 0 Å². The van der Waals surface area contributed by atoms with Crippen LogP contribution in [-0.4, -0.2) is 60.7 Å². The number of amides is 1. The first-order chi connectivity index (χ1) is 12.6. The summed E-state index contributed by atoms with van der Waals surface area (Å²) >= 11 is 5.79. The number of nitrogens with zero attached hydrogens (tertiary/aromatic N) is 4. The Morgan fingerprint density at radius 2 is 1.70 bits per heavy atom. The number of sulfone groups is 1. The molecule has 2 aromatic heterocycles. The second-order valence-corrected chi connectivity index (χ2v) is 6.90. The molecule has 0 aliphatic carbocycles. The molecule has 0 atom stereocenters. The van der Waals surface area contributed by atoms with E-state index in [0.29, 0.717) is 0 Å². The van der Waals surface area contributed by atoms with E-state index in [2.05, 4.69) is 19.8 Å². The number of esters is 1. The fourth-order valence-electron chi connectivity index (χ4n) is 1.97. The first-order valence-corrected chi connectivity index (χ1v) is 8.85. The van der Waals surface area contributed by atoms with Crippen LogP contribution in [0.2, 0.25) is 5.15 Å². The van der Waals surface area contributed by atoms with Gasteiger partial charge in [0.1, 0.15) is 5.56 Å². The number of hydrogen-bond acceptors (Lipinski definition) is 10. The number of anilines is 1. The fraction of sp³-hybridized carbons (Fsp3) is 0.308. The molecule has 0 aromatic carbocycles. The van der Waals surface area contributed by atoms with Crippen molar-refractivity contribution < 1.29 is 32.2 Å². The maximum atomic E-state index is 12.7. The van der Waals surface area contributed by atoms with Gasteiger partial charge in [0.2, 0.25) is 17.7 Å². The molecule has 0 bridgehead atoms. The van der Waals surface area contributed by atoms with Crippen molar-refractivity contribution in [3.05, 3.63) is 16.8 Å². The maximum absolute atomic E-state index is 12.7. The van der Waals surface area contributed by atoms with Gasteiger partial charge in [0.15, 0.2) is 10.2 Å². The van der Waals surface area contributed by atoms with Gasteiger partial charge in [0.25, 0.3) is 9.84 Å². The normalized spacial score (nSPS) is 11.0. The summed E-state index contributed by atoms with van der Waals surface area (Å²) in [6.45, 7) is 0. The Morgan fingerprint density at radius 3 is 2.19 bits per heavy atom. The first-order valence-electron chi connectivity index (χ1n) is 6.99. The van der Waals surface area contributed by atoms with E-state index in [0.717, 1.165) is 11.8 Å². The van der Waals surface area contributed by atoms with Crippen LogP contribution in [0, 0.1) is 0 Å². The van der Waals surface area contributed by atoms with Crippen LogP contribution >= 0.6 is 11.6 Å². The molecule has 0 radical (unpaired) electrons. The summed E-state index contributed by atoms with van der Waals surface area (Å²) in [4.78, 5) is 31.8. The molecule has 14 heteroatoms. The lowest BCUT2D eigenvalue weighted by Crippen LogP contribution is -2.26. The quantitative estimate of drug-likeness (QED) is 0.684. The molecule has 0 unspecified atom stereocenters. The SMILES string of the molecule is COC(=O)c1c(Cl)nn(C)c1S(=O)(=O)C(=O)Nc1nc(OC)cc(OC)n1. The highest BCUT2D eigenvalue weighted by Gasteiger charge is 2.37. The zero-order valence-electron chi connectivity index (χ0n) is 14.5. The zero-order valence-corrected chi connectivity index (χ0v) is 16.1. The standard InChI is InChI=1S/C13H14ClN5O7S/c1-19-10(8(9(14)18-19)11(20)26-4)27(22,23)13(21)17-12-15-6(24-2)5-7(16-12)25-3/h5H,1-4H3,(H,15,16,17,21). The van der Waals surface area contributed by atoms with Gasteiger partial charge in [-0.1, -0.05) is 11.6 Å². The third-order valence-electron chi connectivity index (χ3n) is 3.15. The number of aryl methyl sites for hydroxylation is 1. The molecule has 0 spiro atoms. The smallest absolute Gasteiger partial charge is 0.349 e. The maximum Gasteiger partial charge on any atom is 0.349 e. The number of carbonyl (C=O) groups excluding carboxylic acids is 2. The Morgan fingerprint density at radius 1 is 1.15 bits per heavy atom. The summed E-state index contributed by atoms with van der Waals surface area (Å²) in [5.74, 6) is -1.42. The van der Waals surface area contributed by atoms with E-state index in [9.17, 15) is 18.0 Å². The van der Waals surface area contributed by atoms with E-state index >= 15 is 0 Å². The van der Waals surface area contributed by atoms with Crippen LogP contribution in [0.1, 0.15) is 10.4 Å². The van der Waals surface area contributed by atoms with Crippen molar-refractivity contribution in [2.45, 2.75) is 5.03 Å². The van der Waals surface area contributed by atoms with Gasteiger partial charge in [-0.15, -0.1) is 0 Å². The molecule has 2 rings (SSSR count). The number of ether oxygens (including phenoxy) is 3. The van der Waals surface area contributed by atoms with E-state index in [-0.39, 0.29) is 11.8 Å². The van der Waals surface area contributed by atoms with Crippen molar-refractivity contribution in [1.82, 2.24) is 19.7 Å². The average molecular weight is 420 g/mol. The summed E-state index contributed by atoms with van der Waals surface area (Å²) in [5.41, 5.74) is -0.569. The highest BCUT2D eigenvalue weighted by Crippen LogP contribution is 2.26. The Balaban J connectivity index is 2.47. The molecule has 0 fully saturated rings. The van der Waals surface area contributed by atoms with Gasteiger partial charge in [0, 0.05) is 7.05 Å². The summed E-state index contributed by atoms with van der Waals surface area (Å²) in [5, 5.41) is 2.94. The summed E-state index contributed by atoms with van der Waals surface area (Å²) < 4.78 is 40.4. The number of aromatic nitrogens is 4. The molecule has 0 aliphatic rings. The van der Waals surface area contributed by atoms with Crippen molar-refractivity contribution >= 4 is 38.6 Å². The first kappa shape index (κ1) is 20.4. The molecule has 2 heterocycles. The zero-order chi connectivity index (χ0) is 20.4. The van der Waals surface area contributed by atoms with Crippen molar-refractivity contribution in [2.75, 3.05) is 26.6 Å². The van der Waals surface area contributed by atoms with E-state index in [4.69, 9.17) is 21.1 Å². The molecule has 2 aromatic rings. The van der Waals surface area contributed by atoms with Crippen molar-refractivity contribution in [3.8, 4) is 11.8 Å². The van der Waals surface area contributed by atoms with Gasteiger partial charge < -0.3 is 14.2 Å². The van der Waals surface area contributed by atoms with E-state index in [1.165, 1.54) is 27.3 Å². The number of carbonyl (C=O) groups is 2. The second kappa shape index (κ2) is 7.75. The Bertz CT molecular complexity index is 982. The number of methoxy groups -OCH3 is 3. The molecule has 0 aliphatic heterocycles. The molecule has 1 N–H and O–H groups in total. The second-order valence-electron chi connectivity index (χ2n) is 4.78. The Hall–Kier alpha value is -2.93. The third-order valence-corrected chi connectivity index (χ3v) is 4.98. The van der Waals surface area contributed by atoms with Gasteiger partial charge in [0.05, 0.1) is 27.4 Å². The number of halogens is 1. The lowest BCUT2D eigenvalue weighted by atomic mass is 10.4. The fourth-order valence-corrected chi connectivity index (χ4v) is 3.55. The third kappa shape index (κ3) is 3.93. The van der Waals surface area contributed by atoms with Crippen LogP contribution < -0.4 is 14.8 Å². The summed E-state index contributed by atoms with van der Waals surface area (Å²) in [7, 11) is 0.0757. The van der Waals surface area contributed by atoms with Crippen molar-refractivity contribution in [1.29, 1.82) is 0 Å². The molecular weight excluding hydrogens is 406 g/mol. The highest BCUT2D eigenvalue weighted by molar-refractivity contribution is 8.06. The molecule has 146 valence electrons. The average Bonchev–Trinajstić information content (AvgIpc) is 2.94. The van der Waals surface area contributed by atoms with Crippen LogP contribution in [0.4, 0.5) is 10.7 Å². The Kier molecular flexibility index (Phi) is 5.85. The van der Waals surface area contributed by atoms with Crippen LogP contribution in [0.5, 0.6) is 11.8 Å². The highest BCUT2D eigenvalue weighted by atomic mass is 35.5. The molecule has 1 amide bonds. The topological polar surface area (TPSA) is 152 Å². The van der Waals surface area contributed by atoms with Crippen LogP contribution in [0.25, 0.3) is 0 Å². The summed E-state index contributed by atoms with van der Waals surface area (Å²) in [6, 6.07) is 1.32. The molecular formula is C13H14ClN5O7S. The minimum Gasteiger partial charge on any atom is -0.481 e. The van der Waals surface area contributed by atoms with Crippen molar-refractivity contribution in [2.24, 2.45) is 7.05 Å². The number of nitrogens with one attached hydrogen (secondary N) is 1. The van der Waals surface area contributed by atoms with Gasteiger partial charge in [-0.25, -0.2) is 13.2 Å².